The Morgan fingerprint density at radius 3 is 2.37 bits per heavy atom. The molecule has 6 nitrogen and oxygen atoms in total. The summed E-state index contributed by atoms with van der Waals surface area (Å²) in [6, 6.07) is 12.1. The number of nitrogens with zero attached hydrogens (tertiary/aromatic N) is 1. The third-order valence-electron chi connectivity index (χ3n) is 4.21. The van der Waals surface area contributed by atoms with Gasteiger partial charge in [-0.3, -0.25) is 9.78 Å². The van der Waals surface area contributed by atoms with Crippen LogP contribution in [0.15, 0.2) is 58.2 Å². The first-order chi connectivity index (χ1) is 12.8. The standard InChI is InChI=1S/C19H18FN3O3S/c1-12-5-3-4-6-14(12)11-17-13(2)21-19(22-18(17)24)23-27(25,26)16-9-7-15(20)8-10-16/h3-10H,11H2,1-2H3,(H2,21,22,23,24). The van der Waals surface area contributed by atoms with Gasteiger partial charge >= 0.3 is 0 Å². The van der Waals surface area contributed by atoms with Crippen LogP contribution < -0.4 is 10.3 Å². The minimum atomic E-state index is -3.99. The van der Waals surface area contributed by atoms with Crippen molar-refractivity contribution in [2.75, 3.05) is 4.72 Å². The fraction of sp³-hybridized carbons (Fsp3) is 0.158. The lowest BCUT2D eigenvalue weighted by Gasteiger charge is -2.11. The summed E-state index contributed by atoms with van der Waals surface area (Å²) in [4.78, 5) is 19.0. The van der Waals surface area contributed by atoms with E-state index in [4.69, 9.17) is 0 Å². The van der Waals surface area contributed by atoms with Gasteiger partial charge in [-0.1, -0.05) is 24.3 Å². The summed E-state index contributed by atoms with van der Waals surface area (Å²) in [7, 11) is -3.99. The highest BCUT2D eigenvalue weighted by Crippen LogP contribution is 2.16. The van der Waals surface area contributed by atoms with Crippen molar-refractivity contribution in [3.05, 3.63) is 87.1 Å². The Morgan fingerprint density at radius 2 is 1.74 bits per heavy atom. The molecule has 3 aromatic rings. The molecular weight excluding hydrogens is 369 g/mol. The Balaban J connectivity index is 1.90. The molecule has 0 saturated carbocycles. The predicted octanol–water partition coefficient (Wildman–Crippen LogP) is 2.92. The third-order valence-corrected chi connectivity index (χ3v) is 5.56. The lowest BCUT2D eigenvalue weighted by atomic mass is 10.0. The molecule has 1 heterocycles. The van der Waals surface area contributed by atoms with Crippen molar-refractivity contribution in [3.63, 3.8) is 0 Å². The lowest BCUT2D eigenvalue weighted by Crippen LogP contribution is -2.22. The van der Waals surface area contributed by atoms with Crippen LogP contribution in [0.25, 0.3) is 0 Å². The van der Waals surface area contributed by atoms with Crippen molar-refractivity contribution in [2.45, 2.75) is 25.2 Å². The Kier molecular flexibility index (Phi) is 5.09. The smallest absolute Gasteiger partial charge is 0.264 e. The fourth-order valence-corrected chi connectivity index (χ4v) is 3.63. The zero-order valence-electron chi connectivity index (χ0n) is 14.8. The van der Waals surface area contributed by atoms with Crippen LogP contribution in [-0.2, 0) is 16.4 Å². The van der Waals surface area contributed by atoms with Gasteiger partial charge in [0, 0.05) is 12.0 Å². The molecule has 0 aliphatic rings. The molecule has 0 aliphatic heterocycles. The van der Waals surface area contributed by atoms with Gasteiger partial charge in [-0.05, 0) is 49.2 Å². The van der Waals surface area contributed by atoms with Gasteiger partial charge in [0.25, 0.3) is 15.6 Å². The van der Waals surface area contributed by atoms with Gasteiger partial charge < -0.3 is 0 Å². The molecule has 8 heteroatoms. The summed E-state index contributed by atoms with van der Waals surface area (Å²) in [5.41, 5.74) is 2.53. The summed E-state index contributed by atoms with van der Waals surface area (Å²) >= 11 is 0. The van der Waals surface area contributed by atoms with Gasteiger partial charge in [-0.15, -0.1) is 0 Å². The second-order valence-electron chi connectivity index (χ2n) is 6.14. The number of anilines is 1. The molecule has 3 rings (SSSR count). The van der Waals surface area contributed by atoms with Crippen molar-refractivity contribution in [1.82, 2.24) is 9.97 Å². The van der Waals surface area contributed by atoms with Gasteiger partial charge in [0.1, 0.15) is 5.82 Å². The minimum absolute atomic E-state index is 0.131. The number of hydrogen-bond donors (Lipinski definition) is 2. The van der Waals surface area contributed by atoms with E-state index >= 15 is 0 Å². The molecule has 2 N–H and O–H groups in total. The topological polar surface area (TPSA) is 91.9 Å². The van der Waals surface area contributed by atoms with E-state index in [-0.39, 0.29) is 10.8 Å². The number of aromatic nitrogens is 2. The van der Waals surface area contributed by atoms with Crippen LogP contribution in [0.1, 0.15) is 22.4 Å². The number of benzene rings is 2. The Labute approximate surface area is 156 Å². The molecule has 0 fully saturated rings. The zero-order valence-corrected chi connectivity index (χ0v) is 15.6. The van der Waals surface area contributed by atoms with E-state index in [0.29, 0.717) is 17.7 Å². The molecule has 0 atom stereocenters. The Bertz CT molecular complexity index is 1140. The number of rotatable bonds is 5. The molecule has 2 aromatic carbocycles. The number of aryl methyl sites for hydroxylation is 2. The molecule has 1 aromatic heterocycles. The van der Waals surface area contributed by atoms with Gasteiger partial charge in [-0.25, -0.2) is 22.5 Å². The quantitative estimate of drug-likeness (QED) is 0.704. The first-order valence-electron chi connectivity index (χ1n) is 8.19. The first kappa shape index (κ1) is 18.8. The third kappa shape index (κ3) is 4.22. The summed E-state index contributed by atoms with van der Waals surface area (Å²) < 4.78 is 39.9. The number of H-pyrrole nitrogens is 1. The molecule has 0 aliphatic carbocycles. The average Bonchev–Trinajstić information content (AvgIpc) is 2.59. The van der Waals surface area contributed by atoms with Crippen molar-refractivity contribution in [2.24, 2.45) is 0 Å². The number of nitrogens with one attached hydrogen (secondary N) is 2. The highest BCUT2D eigenvalue weighted by molar-refractivity contribution is 7.92. The minimum Gasteiger partial charge on any atom is -0.292 e. The van der Waals surface area contributed by atoms with Crippen molar-refractivity contribution in [3.8, 4) is 0 Å². The van der Waals surface area contributed by atoms with Crippen LogP contribution in [0.5, 0.6) is 0 Å². The monoisotopic (exact) mass is 387 g/mol. The second-order valence-corrected chi connectivity index (χ2v) is 7.82. The largest absolute Gasteiger partial charge is 0.292 e. The van der Waals surface area contributed by atoms with Crippen LogP contribution in [0, 0.1) is 19.7 Å². The number of halogens is 1. The molecule has 0 spiro atoms. The van der Waals surface area contributed by atoms with Crippen LogP contribution in [0.4, 0.5) is 10.3 Å². The molecule has 0 amide bonds. The normalized spacial score (nSPS) is 11.4. The van der Waals surface area contributed by atoms with E-state index in [1.54, 1.807) is 6.92 Å². The number of hydrogen-bond acceptors (Lipinski definition) is 4. The van der Waals surface area contributed by atoms with Gasteiger partial charge in [0.2, 0.25) is 5.95 Å². The maximum Gasteiger partial charge on any atom is 0.264 e. The lowest BCUT2D eigenvalue weighted by molar-refractivity contribution is 0.599. The van der Waals surface area contributed by atoms with Crippen LogP contribution >= 0.6 is 0 Å². The van der Waals surface area contributed by atoms with E-state index in [1.165, 1.54) is 0 Å². The van der Waals surface area contributed by atoms with Gasteiger partial charge in [0.15, 0.2) is 0 Å². The first-order valence-corrected chi connectivity index (χ1v) is 9.67. The highest BCUT2D eigenvalue weighted by atomic mass is 32.2. The molecule has 0 unspecified atom stereocenters. The molecule has 27 heavy (non-hydrogen) atoms. The Morgan fingerprint density at radius 1 is 1.07 bits per heavy atom. The van der Waals surface area contributed by atoms with Crippen LogP contribution in [0.3, 0.4) is 0 Å². The fourth-order valence-electron chi connectivity index (χ4n) is 2.67. The highest BCUT2D eigenvalue weighted by Gasteiger charge is 2.17. The summed E-state index contributed by atoms with van der Waals surface area (Å²) in [5, 5.41) is 0. The number of sulfonamides is 1. The van der Waals surface area contributed by atoms with Crippen LogP contribution in [0.2, 0.25) is 0 Å². The Hall–Kier alpha value is -3.00. The van der Waals surface area contributed by atoms with E-state index in [0.717, 1.165) is 35.4 Å². The van der Waals surface area contributed by atoms with E-state index in [9.17, 15) is 17.6 Å². The molecular formula is C19H18FN3O3S. The van der Waals surface area contributed by atoms with Gasteiger partial charge in [-0.2, -0.15) is 0 Å². The predicted molar refractivity (Wildman–Crippen MR) is 101 cm³/mol. The van der Waals surface area contributed by atoms with E-state index < -0.39 is 21.4 Å². The molecule has 0 saturated heterocycles. The molecule has 140 valence electrons. The summed E-state index contributed by atoms with van der Waals surface area (Å²) in [6.07, 6.45) is 0.395. The molecule has 0 bridgehead atoms. The van der Waals surface area contributed by atoms with Crippen molar-refractivity contribution < 1.29 is 12.8 Å². The van der Waals surface area contributed by atoms with Crippen LogP contribution in [-0.4, -0.2) is 18.4 Å². The maximum atomic E-state index is 13.0. The molecule has 0 radical (unpaired) electrons. The number of aromatic amines is 1. The summed E-state index contributed by atoms with van der Waals surface area (Å²) in [5.74, 6) is -0.729. The van der Waals surface area contributed by atoms with Crippen molar-refractivity contribution in [1.29, 1.82) is 0 Å². The zero-order chi connectivity index (χ0) is 19.6. The van der Waals surface area contributed by atoms with E-state index in [2.05, 4.69) is 14.7 Å². The van der Waals surface area contributed by atoms with E-state index in [1.807, 2.05) is 31.2 Å². The van der Waals surface area contributed by atoms with Gasteiger partial charge in [0.05, 0.1) is 10.6 Å². The second kappa shape index (κ2) is 7.32. The SMILES string of the molecule is Cc1ccccc1Cc1c(C)nc(NS(=O)(=O)c2ccc(F)cc2)[nH]c1=O. The summed E-state index contributed by atoms with van der Waals surface area (Å²) in [6.45, 7) is 3.61. The average molecular weight is 387 g/mol. The van der Waals surface area contributed by atoms with Crippen molar-refractivity contribution >= 4 is 16.0 Å². The maximum absolute atomic E-state index is 13.0.